The molecule has 0 aliphatic carbocycles. The lowest BCUT2D eigenvalue weighted by Crippen LogP contribution is -2.32. The summed E-state index contributed by atoms with van der Waals surface area (Å²) in [7, 11) is 0. The van der Waals surface area contributed by atoms with Crippen molar-refractivity contribution in [1.29, 1.82) is 0 Å². The van der Waals surface area contributed by atoms with E-state index in [0.29, 0.717) is 0 Å². The molecule has 1 heteroatoms. The van der Waals surface area contributed by atoms with Gasteiger partial charge in [0, 0.05) is 12.2 Å². The quantitative estimate of drug-likeness (QED) is 0.566. The van der Waals surface area contributed by atoms with Crippen LogP contribution < -0.4 is 0 Å². The van der Waals surface area contributed by atoms with Crippen molar-refractivity contribution in [2.24, 2.45) is 0 Å². The predicted molar refractivity (Wildman–Crippen MR) is 54.7 cm³/mol. The Bertz CT molecular complexity index is 176. The lowest BCUT2D eigenvalue weighted by atomic mass is 10.1. The maximum atomic E-state index is 5.42. The van der Waals surface area contributed by atoms with Crippen LogP contribution in [0.25, 0.3) is 0 Å². The lowest BCUT2D eigenvalue weighted by molar-refractivity contribution is 0.301. The summed E-state index contributed by atoms with van der Waals surface area (Å²) in [5, 5.41) is 0. The number of terminal acetylenes is 1. The van der Waals surface area contributed by atoms with Gasteiger partial charge in [-0.05, 0) is 19.8 Å². The Morgan fingerprint density at radius 2 is 2.08 bits per heavy atom. The van der Waals surface area contributed by atoms with Crippen LogP contribution in [0.2, 0.25) is 0 Å². The van der Waals surface area contributed by atoms with Gasteiger partial charge in [0.2, 0.25) is 0 Å². The van der Waals surface area contributed by atoms with Crippen LogP contribution in [0, 0.1) is 12.3 Å². The molecule has 0 heterocycles. The van der Waals surface area contributed by atoms with Gasteiger partial charge >= 0.3 is 0 Å². The molecule has 0 bridgehead atoms. The molecule has 0 spiro atoms. The van der Waals surface area contributed by atoms with Gasteiger partial charge in [0.15, 0.2) is 0 Å². The summed E-state index contributed by atoms with van der Waals surface area (Å²) >= 11 is 0. The van der Waals surface area contributed by atoms with Gasteiger partial charge in [0.1, 0.15) is 0 Å². The average molecular weight is 165 g/mol. The molecule has 1 unspecified atom stereocenters. The first-order chi connectivity index (χ1) is 5.71. The van der Waals surface area contributed by atoms with E-state index in [0.717, 1.165) is 25.1 Å². The molecule has 0 aromatic rings. The Labute approximate surface area is 76.5 Å². The second-order valence-corrected chi connectivity index (χ2v) is 2.80. The van der Waals surface area contributed by atoms with Crippen molar-refractivity contribution in [2.75, 3.05) is 6.54 Å². The third kappa shape index (κ3) is 2.62. The van der Waals surface area contributed by atoms with Crippen LogP contribution in [-0.2, 0) is 0 Å². The largest absolute Gasteiger partial charge is 0.362 e. The maximum absolute atomic E-state index is 5.42. The van der Waals surface area contributed by atoms with Crippen molar-refractivity contribution in [2.45, 2.75) is 39.7 Å². The smallest absolute Gasteiger partial charge is 0.0895 e. The van der Waals surface area contributed by atoms with Crippen LogP contribution in [0.4, 0.5) is 0 Å². The zero-order valence-electron chi connectivity index (χ0n) is 8.43. The molecule has 0 aliphatic rings. The normalized spacial score (nSPS) is 11.8. The topological polar surface area (TPSA) is 3.24 Å². The second-order valence-electron chi connectivity index (χ2n) is 2.80. The monoisotopic (exact) mass is 165 g/mol. The van der Waals surface area contributed by atoms with Crippen LogP contribution in [0.15, 0.2) is 12.3 Å². The van der Waals surface area contributed by atoms with E-state index in [1.54, 1.807) is 0 Å². The molecule has 0 saturated heterocycles. The summed E-state index contributed by atoms with van der Waals surface area (Å²) in [6.07, 6.45) is 7.39. The van der Waals surface area contributed by atoms with Crippen LogP contribution in [-0.4, -0.2) is 17.5 Å². The lowest BCUT2D eigenvalue weighted by Gasteiger charge is -2.29. The fourth-order valence-electron chi connectivity index (χ4n) is 1.30. The third-order valence-corrected chi connectivity index (χ3v) is 2.11. The van der Waals surface area contributed by atoms with Gasteiger partial charge in [-0.1, -0.05) is 26.3 Å². The molecule has 0 radical (unpaired) electrons. The second kappa shape index (κ2) is 5.71. The van der Waals surface area contributed by atoms with Gasteiger partial charge in [-0.2, -0.15) is 0 Å². The SMILES string of the molecule is C#CC(CC)N(CC)C(=C)CC. The molecule has 0 aromatic carbocycles. The number of nitrogens with zero attached hydrogens (tertiary/aromatic N) is 1. The fourth-order valence-corrected chi connectivity index (χ4v) is 1.30. The van der Waals surface area contributed by atoms with Crippen molar-refractivity contribution in [3.05, 3.63) is 12.3 Å². The Kier molecular flexibility index (Phi) is 5.28. The molecular formula is C11H19N. The highest BCUT2D eigenvalue weighted by Crippen LogP contribution is 2.12. The first-order valence-corrected chi connectivity index (χ1v) is 4.61. The Hall–Kier alpha value is -0.900. The van der Waals surface area contributed by atoms with Gasteiger partial charge in [-0.3, -0.25) is 0 Å². The summed E-state index contributed by atoms with van der Waals surface area (Å²) in [4.78, 5) is 2.19. The summed E-state index contributed by atoms with van der Waals surface area (Å²) in [5.74, 6) is 2.78. The van der Waals surface area contributed by atoms with E-state index >= 15 is 0 Å². The molecule has 12 heavy (non-hydrogen) atoms. The van der Waals surface area contributed by atoms with Crippen LogP contribution in [0.1, 0.15) is 33.6 Å². The average Bonchev–Trinajstić information content (AvgIpc) is 2.12. The van der Waals surface area contributed by atoms with E-state index in [2.05, 4.69) is 38.2 Å². The standard InChI is InChI=1S/C11H19N/c1-6-10(5)12(9-4)11(7-2)8-3/h2,11H,5-6,8-9H2,1,3-4H3. The number of allylic oxidation sites excluding steroid dienone is 1. The zero-order valence-corrected chi connectivity index (χ0v) is 8.43. The molecular weight excluding hydrogens is 146 g/mol. The van der Waals surface area contributed by atoms with Crippen molar-refractivity contribution < 1.29 is 0 Å². The Balaban J connectivity index is 4.33. The number of hydrogen-bond acceptors (Lipinski definition) is 1. The van der Waals surface area contributed by atoms with Crippen molar-refractivity contribution in [3.8, 4) is 12.3 Å². The van der Waals surface area contributed by atoms with E-state index in [1.165, 1.54) is 0 Å². The molecule has 0 aliphatic heterocycles. The van der Waals surface area contributed by atoms with Crippen molar-refractivity contribution >= 4 is 0 Å². The van der Waals surface area contributed by atoms with E-state index in [1.807, 2.05) is 0 Å². The zero-order chi connectivity index (χ0) is 9.56. The summed E-state index contributed by atoms with van der Waals surface area (Å²) < 4.78 is 0. The minimum atomic E-state index is 0.224. The van der Waals surface area contributed by atoms with E-state index in [4.69, 9.17) is 6.42 Å². The first-order valence-electron chi connectivity index (χ1n) is 4.61. The predicted octanol–water partition coefficient (Wildman–Crippen LogP) is 2.64. The fraction of sp³-hybridized carbons (Fsp3) is 0.636. The molecule has 0 rings (SSSR count). The van der Waals surface area contributed by atoms with Crippen molar-refractivity contribution in [1.82, 2.24) is 4.90 Å². The van der Waals surface area contributed by atoms with E-state index in [-0.39, 0.29) is 6.04 Å². The molecule has 0 saturated carbocycles. The van der Waals surface area contributed by atoms with Gasteiger partial charge in [0.05, 0.1) is 6.04 Å². The van der Waals surface area contributed by atoms with E-state index < -0.39 is 0 Å². The number of hydrogen-bond donors (Lipinski definition) is 0. The number of rotatable bonds is 5. The first kappa shape index (κ1) is 11.1. The van der Waals surface area contributed by atoms with Crippen LogP contribution in [0.3, 0.4) is 0 Å². The van der Waals surface area contributed by atoms with E-state index in [9.17, 15) is 0 Å². The minimum absolute atomic E-state index is 0.224. The highest BCUT2D eigenvalue weighted by molar-refractivity contribution is 5.06. The summed E-state index contributed by atoms with van der Waals surface area (Å²) in [6.45, 7) is 11.3. The molecule has 1 atom stereocenters. The van der Waals surface area contributed by atoms with Gasteiger partial charge in [-0.15, -0.1) is 6.42 Å². The molecule has 68 valence electrons. The minimum Gasteiger partial charge on any atom is -0.362 e. The Morgan fingerprint density at radius 3 is 2.33 bits per heavy atom. The summed E-state index contributed by atoms with van der Waals surface area (Å²) in [5.41, 5.74) is 1.14. The van der Waals surface area contributed by atoms with Crippen molar-refractivity contribution in [3.63, 3.8) is 0 Å². The van der Waals surface area contributed by atoms with Gasteiger partial charge < -0.3 is 4.90 Å². The molecule has 0 aromatic heterocycles. The molecule has 0 fully saturated rings. The van der Waals surface area contributed by atoms with Gasteiger partial charge in [-0.25, -0.2) is 0 Å². The van der Waals surface area contributed by atoms with Gasteiger partial charge in [0.25, 0.3) is 0 Å². The molecule has 0 N–H and O–H groups in total. The van der Waals surface area contributed by atoms with Crippen LogP contribution in [0.5, 0.6) is 0 Å². The third-order valence-electron chi connectivity index (χ3n) is 2.11. The van der Waals surface area contributed by atoms with Crippen LogP contribution >= 0.6 is 0 Å². The highest BCUT2D eigenvalue weighted by atomic mass is 15.2. The maximum Gasteiger partial charge on any atom is 0.0895 e. The Morgan fingerprint density at radius 1 is 1.50 bits per heavy atom. The summed E-state index contributed by atoms with van der Waals surface area (Å²) in [6, 6.07) is 0.224. The molecule has 0 amide bonds. The highest BCUT2D eigenvalue weighted by Gasteiger charge is 2.12. The molecule has 1 nitrogen and oxygen atoms in total.